The first-order valence-electron chi connectivity index (χ1n) is 7.85. The van der Waals surface area contributed by atoms with Crippen molar-refractivity contribution in [1.82, 2.24) is 0 Å². The van der Waals surface area contributed by atoms with Gasteiger partial charge in [-0.1, -0.05) is 46.8 Å². The third-order valence-corrected chi connectivity index (χ3v) is 4.18. The molecule has 1 aliphatic heterocycles. The summed E-state index contributed by atoms with van der Waals surface area (Å²) in [6.07, 6.45) is 2.61. The molecule has 1 heterocycles. The average molecular weight is 275 g/mol. The Morgan fingerprint density at radius 1 is 1.15 bits per heavy atom. The van der Waals surface area contributed by atoms with Crippen LogP contribution in [0.1, 0.15) is 53.0 Å². The van der Waals surface area contributed by atoms with Crippen molar-refractivity contribution in [1.29, 1.82) is 0 Å². The van der Waals surface area contributed by atoms with Gasteiger partial charge < -0.3 is 10.1 Å². The van der Waals surface area contributed by atoms with Crippen molar-refractivity contribution in [3.05, 3.63) is 29.8 Å². The number of benzene rings is 1. The van der Waals surface area contributed by atoms with Gasteiger partial charge in [0, 0.05) is 18.3 Å². The molecule has 2 heteroatoms. The zero-order chi connectivity index (χ0) is 14.8. The lowest BCUT2D eigenvalue weighted by molar-refractivity contribution is -0.0160. The second-order valence-corrected chi connectivity index (χ2v) is 7.35. The Kier molecular flexibility index (Phi) is 4.74. The van der Waals surface area contributed by atoms with Gasteiger partial charge in [0.05, 0.1) is 6.10 Å². The lowest BCUT2D eigenvalue weighted by atomic mass is 9.87. The molecular formula is C18H29NO. The van der Waals surface area contributed by atoms with Crippen molar-refractivity contribution in [2.24, 2.45) is 5.92 Å². The first kappa shape index (κ1) is 15.4. The minimum absolute atomic E-state index is 0.222. The average Bonchev–Trinajstić information content (AvgIpc) is 2.38. The van der Waals surface area contributed by atoms with Crippen molar-refractivity contribution in [3.8, 4) is 0 Å². The van der Waals surface area contributed by atoms with Gasteiger partial charge in [0.1, 0.15) is 0 Å². The Morgan fingerprint density at radius 2 is 1.80 bits per heavy atom. The summed E-state index contributed by atoms with van der Waals surface area (Å²) in [5.74, 6) is 0.600. The van der Waals surface area contributed by atoms with E-state index < -0.39 is 0 Å². The van der Waals surface area contributed by atoms with Gasteiger partial charge >= 0.3 is 0 Å². The van der Waals surface area contributed by atoms with Crippen LogP contribution in [0.15, 0.2) is 24.3 Å². The number of anilines is 1. The van der Waals surface area contributed by atoms with Gasteiger partial charge in [-0.05, 0) is 41.9 Å². The Hall–Kier alpha value is -1.02. The molecule has 20 heavy (non-hydrogen) atoms. The van der Waals surface area contributed by atoms with E-state index in [9.17, 15) is 0 Å². The predicted molar refractivity (Wildman–Crippen MR) is 86.4 cm³/mol. The van der Waals surface area contributed by atoms with Crippen LogP contribution in [0.2, 0.25) is 0 Å². The summed E-state index contributed by atoms with van der Waals surface area (Å²) >= 11 is 0. The van der Waals surface area contributed by atoms with Crippen LogP contribution in [0.25, 0.3) is 0 Å². The van der Waals surface area contributed by atoms with Crippen molar-refractivity contribution in [2.45, 2.75) is 65.0 Å². The van der Waals surface area contributed by atoms with Crippen LogP contribution in [0.3, 0.4) is 0 Å². The fourth-order valence-corrected chi connectivity index (χ4v) is 2.73. The molecule has 2 rings (SSSR count). The van der Waals surface area contributed by atoms with E-state index in [4.69, 9.17) is 4.74 Å². The minimum atomic E-state index is 0.222. The van der Waals surface area contributed by atoms with E-state index in [-0.39, 0.29) is 5.41 Å². The maximum absolute atomic E-state index is 5.83. The molecule has 0 spiro atoms. The van der Waals surface area contributed by atoms with E-state index in [0.717, 1.165) is 19.4 Å². The number of hydrogen-bond donors (Lipinski definition) is 1. The quantitative estimate of drug-likeness (QED) is 0.870. The first-order valence-corrected chi connectivity index (χ1v) is 7.85. The van der Waals surface area contributed by atoms with Gasteiger partial charge in [-0.3, -0.25) is 0 Å². The summed E-state index contributed by atoms with van der Waals surface area (Å²) in [7, 11) is 0. The molecule has 0 aliphatic carbocycles. The normalized spacial score (nSPS) is 23.9. The van der Waals surface area contributed by atoms with E-state index in [1.165, 1.54) is 11.3 Å². The molecular weight excluding hydrogens is 246 g/mol. The fourth-order valence-electron chi connectivity index (χ4n) is 2.73. The smallest absolute Gasteiger partial charge is 0.0617 e. The molecule has 0 bridgehead atoms. The summed E-state index contributed by atoms with van der Waals surface area (Å²) in [5.41, 5.74) is 2.84. The van der Waals surface area contributed by atoms with Crippen molar-refractivity contribution >= 4 is 5.69 Å². The van der Waals surface area contributed by atoms with Gasteiger partial charge in [0.15, 0.2) is 0 Å². The van der Waals surface area contributed by atoms with Gasteiger partial charge in [0.25, 0.3) is 0 Å². The maximum atomic E-state index is 5.83. The Balaban J connectivity index is 1.96. The molecule has 0 radical (unpaired) electrons. The fraction of sp³-hybridized carbons (Fsp3) is 0.667. The zero-order valence-corrected chi connectivity index (χ0v) is 13.6. The summed E-state index contributed by atoms with van der Waals surface area (Å²) < 4.78 is 5.83. The second kappa shape index (κ2) is 6.17. The van der Waals surface area contributed by atoms with Crippen LogP contribution in [-0.4, -0.2) is 18.8 Å². The molecule has 1 fully saturated rings. The lowest BCUT2D eigenvalue weighted by Gasteiger charge is -2.33. The Labute approximate surface area is 123 Å². The number of hydrogen-bond acceptors (Lipinski definition) is 2. The molecule has 1 aromatic carbocycles. The summed E-state index contributed by atoms with van der Waals surface area (Å²) in [5, 5.41) is 3.66. The second-order valence-electron chi connectivity index (χ2n) is 7.35. The van der Waals surface area contributed by atoms with Crippen LogP contribution < -0.4 is 5.32 Å². The van der Waals surface area contributed by atoms with Crippen molar-refractivity contribution in [3.63, 3.8) is 0 Å². The van der Waals surface area contributed by atoms with Gasteiger partial charge in [-0.25, -0.2) is 0 Å². The highest BCUT2D eigenvalue weighted by Gasteiger charge is 2.24. The predicted octanol–water partition coefficient (Wildman–Crippen LogP) is 4.60. The van der Waals surface area contributed by atoms with E-state index in [2.05, 4.69) is 64.2 Å². The highest BCUT2D eigenvalue weighted by atomic mass is 16.5. The SMILES string of the molecule is CC(C)C1CC(Nc2ccc(C(C)(C)C)cc2)CCO1. The largest absolute Gasteiger partial charge is 0.382 e. The highest BCUT2D eigenvalue weighted by Crippen LogP contribution is 2.26. The molecule has 112 valence electrons. The van der Waals surface area contributed by atoms with Gasteiger partial charge in [-0.15, -0.1) is 0 Å². The summed E-state index contributed by atoms with van der Waals surface area (Å²) in [6.45, 7) is 12.1. The molecule has 0 saturated carbocycles. The molecule has 1 aromatic rings. The van der Waals surface area contributed by atoms with Crippen LogP contribution in [0, 0.1) is 5.92 Å². The molecule has 1 aliphatic rings. The molecule has 1 saturated heterocycles. The molecule has 2 unspecified atom stereocenters. The standard InChI is InChI=1S/C18H29NO/c1-13(2)17-12-16(10-11-20-17)19-15-8-6-14(7-9-15)18(3,4)5/h6-9,13,16-17,19H,10-12H2,1-5H3. The molecule has 0 aromatic heterocycles. The topological polar surface area (TPSA) is 21.3 Å². The van der Waals surface area contributed by atoms with Crippen LogP contribution in [-0.2, 0) is 10.2 Å². The third-order valence-electron chi connectivity index (χ3n) is 4.18. The molecule has 2 atom stereocenters. The number of ether oxygens (including phenoxy) is 1. The molecule has 0 amide bonds. The van der Waals surface area contributed by atoms with Crippen molar-refractivity contribution in [2.75, 3.05) is 11.9 Å². The first-order chi connectivity index (χ1) is 9.36. The zero-order valence-electron chi connectivity index (χ0n) is 13.6. The highest BCUT2D eigenvalue weighted by molar-refractivity contribution is 5.46. The molecule has 2 nitrogen and oxygen atoms in total. The lowest BCUT2D eigenvalue weighted by Crippen LogP contribution is -2.36. The number of nitrogens with one attached hydrogen (secondary N) is 1. The Morgan fingerprint density at radius 3 is 2.35 bits per heavy atom. The van der Waals surface area contributed by atoms with E-state index >= 15 is 0 Å². The van der Waals surface area contributed by atoms with Crippen LogP contribution in [0.4, 0.5) is 5.69 Å². The minimum Gasteiger partial charge on any atom is -0.382 e. The van der Waals surface area contributed by atoms with E-state index in [1.54, 1.807) is 0 Å². The summed E-state index contributed by atoms with van der Waals surface area (Å²) in [6, 6.07) is 9.43. The van der Waals surface area contributed by atoms with E-state index in [0.29, 0.717) is 18.1 Å². The number of rotatable bonds is 3. The van der Waals surface area contributed by atoms with Crippen molar-refractivity contribution < 1.29 is 4.74 Å². The van der Waals surface area contributed by atoms with Gasteiger partial charge in [0.2, 0.25) is 0 Å². The summed E-state index contributed by atoms with van der Waals surface area (Å²) in [4.78, 5) is 0. The Bertz CT molecular complexity index is 416. The van der Waals surface area contributed by atoms with Crippen LogP contribution in [0.5, 0.6) is 0 Å². The van der Waals surface area contributed by atoms with E-state index in [1.807, 2.05) is 0 Å². The van der Waals surface area contributed by atoms with Crippen LogP contribution >= 0.6 is 0 Å². The molecule has 1 N–H and O–H groups in total. The monoisotopic (exact) mass is 275 g/mol. The maximum Gasteiger partial charge on any atom is 0.0617 e. The van der Waals surface area contributed by atoms with Gasteiger partial charge in [-0.2, -0.15) is 0 Å². The third kappa shape index (κ3) is 3.99.